The average Bonchev–Trinajstić information content (AvgIpc) is 3.25. The van der Waals surface area contributed by atoms with Crippen molar-refractivity contribution in [1.29, 1.82) is 0 Å². The van der Waals surface area contributed by atoms with Gasteiger partial charge in [0.05, 0.1) is 25.8 Å². The molecule has 2 amide bonds. The maximum absolute atomic E-state index is 14.0. The Hall–Kier alpha value is -4.04. The van der Waals surface area contributed by atoms with Crippen LogP contribution in [0, 0.1) is 11.6 Å². The summed E-state index contributed by atoms with van der Waals surface area (Å²) in [5.41, 5.74) is -1.53. The molecule has 0 saturated carbocycles. The highest BCUT2D eigenvalue weighted by molar-refractivity contribution is 5.99. The first kappa shape index (κ1) is 27.0. The Morgan fingerprint density at radius 3 is 2.71 bits per heavy atom. The first-order valence-corrected chi connectivity index (χ1v) is 11.6. The van der Waals surface area contributed by atoms with Crippen molar-refractivity contribution in [3.63, 3.8) is 0 Å². The van der Waals surface area contributed by atoms with Crippen molar-refractivity contribution in [3.8, 4) is 5.75 Å². The molecule has 4 rings (SSSR count). The zero-order valence-electron chi connectivity index (χ0n) is 20.5. The summed E-state index contributed by atoms with van der Waals surface area (Å²) in [6.07, 6.45) is -0.543. The Kier molecular flexibility index (Phi) is 8.22. The molecule has 2 aromatic rings. The molecule has 1 saturated heterocycles. The highest BCUT2D eigenvalue weighted by atomic mass is 19.1. The van der Waals surface area contributed by atoms with E-state index in [4.69, 9.17) is 23.7 Å². The molecule has 1 aromatic carbocycles. The van der Waals surface area contributed by atoms with Gasteiger partial charge in [0.1, 0.15) is 23.8 Å². The van der Waals surface area contributed by atoms with Gasteiger partial charge < -0.3 is 38.5 Å². The fraction of sp³-hybridized carbons (Fsp3) is 0.417. The van der Waals surface area contributed by atoms with Crippen LogP contribution in [0.3, 0.4) is 0 Å². The van der Waals surface area contributed by atoms with Crippen LogP contribution in [0.1, 0.15) is 33.3 Å². The lowest BCUT2D eigenvalue weighted by molar-refractivity contribution is -0.00744. The quantitative estimate of drug-likeness (QED) is 0.286. The molecular weight excluding hydrogens is 512 g/mol. The summed E-state index contributed by atoms with van der Waals surface area (Å²) in [5, 5.41) is 2.40. The Bertz CT molecular complexity index is 1300. The third kappa shape index (κ3) is 5.60. The number of nitrogens with one attached hydrogen (secondary N) is 1. The van der Waals surface area contributed by atoms with E-state index in [1.165, 1.54) is 22.8 Å². The maximum atomic E-state index is 14.0. The zero-order chi connectivity index (χ0) is 27.4. The van der Waals surface area contributed by atoms with E-state index in [0.29, 0.717) is 6.07 Å². The molecule has 0 spiro atoms. The monoisotopic (exact) mass is 537 g/mol. The number of aromatic nitrogens is 1. The smallest absolute Gasteiger partial charge is 0.451 e. The summed E-state index contributed by atoms with van der Waals surface area (Å²) < 4.78 is 53.9. The lowest BCUT2D eigenvalue weighted by atomic mass is 10.1. The number of hydrogen-bond donors (Lipinski definition) is 1. The number of rotatable bonds is 9. The summed E-state index contributed by atoms with van der Waals surface area (Å²) in [6, 6.07) is 2.59. The van der Waals surface area contributed by atoms with Gasteiger partial charge in [0.2, 0.25) is 18.0 Å². The van der Waals surface area contributed by atoms with E-state index in [2.05, 4.69) is 5.32 Å². The largest absolute Gasteiger partial charge is 0.511 e. The van der Waals surface area contributed by atoms with Crippen LogP contribution in [0.25, 0.3) is 0 Å². The molecule has 2 unspecified atom stereocenters. The van der Waals surface area contributed by atoms with Crippen LogP contribution in [-0.2, 0) is 32.0 Å². The summed E-state index contributed by atoms with van der Waals surface area (Å²) in [7, 11) is 1.42. The number of halogens is 2. The Labute approximate surface area is 215 Å². The first-order chi connectivity index (χ1) is 18.2. The number of fused-ring (bicyclic) bond motifs is 2. The van der Waals surface area contributed by atoms with Crippen molar-refractivity contribution in [2.24, 2.45) is 0 Å². The van der Waals surface area contributed by atoms with Gasteiger partial charge in [-0.25, -0.2) is 13.6 Å². The van der Waals surface area contributed by atoms with E-state index in [1.54, 1.807) is 6.92 Å². The Morgan fingerprint density at radius 2 is 1.97 bits per heavy atom. The van der Waals surface area contributed by atoms with Crippen LogP contribution in [0.4, 0.5) is 13.6 Å². The van der Waals surface area contributed by atoms with Gasteiger partial charge in [-0.05, 0) is 13.0 Å². The predicted octanol–water partition coefficient (Wildman–Crippen LogP) is 1.39. The second-order valence-electron chi connectivity index (χ2n) is 8.47. The van der Waals surface area contributed by atoms with Crippen molar-refractivity contribution >= 4 is 18.0 Å². The van der Waals surface area contributed by atoms with Crippen LogP contribution < -0.4 is 15.5 Å². The van der Waals surface area contributed by atoms with Crippen LogP contribution in [0.2, 0.25) is 0 Å². The fourth-order valence-corrected chi connectivity index (χ4v) is 4.08. The lowest BCUT2D eigenvalue weighted by Gasteiger charge is -2.34. The summed E-state index contributed by atoms with van der Waals surface area (Å²) in [6.45, 7) is 1.08. The first-order valence-electron chi connectivity index (χ1n) is 11.6. The van der Waals surface area contributed by atoms with E-state index >= 15 is 0 Å². The van der Waals surface area contributed by atoms with E-state index in [-0.39, 0.29) is 50.2 Å². The SMILES string of the molecule is COCCOC(=O)OCOc1c2n(cc(C(=O)NCc3ccc(F)cc3F)c1=O)CC1OCC(C)N1C2=O. The minimum Gasteiger partial charge on any atom is -0.451 e. The van der Waals surface area contributed by atoms with Crippen LogP contribution in [0.15, 0.2) is 29.2 Å². The fourth-order valence-electron chi connectivity index (χ4n) is 4.08. The average molecular weight is 537 g/mol. The summed E-state index contributed by atoms with van der Waals surface area (Å²) >= 11 is 0. The van der Waals surface area contributed by atoms with Gasteiger partial charge in [-0.15, -0.1) is 0 Å². The zero-order valence-corrected chi connectivity index (χ0v) is 20.5. The van der Waals surface area contributed by atoms with Gasteiger partial charge in [-0.1, -0.05) is 6.07 Å². The molecule has 2 atom stereocenters. The van der Waals surface area contributed by atoms with Gasteiger partial charge in [0, 0.05) is 31.5 Å². The molecule has 0 bridgehead atoms. The molecule has 14 heteroatoms. The Balaban J connectivity index is 1.60. The van der Waals surface area contributed by atoms with Crippen molar-refractivity contribution in [2.45, 2.75) is 32.3 Å². The van der Waals surface area contributed by atoms with Crippen molar-refractivity contribution in [1.82, 2.24) is 14.8 Å². The number of pyridine rings is 1. The molecule has 0 radical (unpaired) electrons. The number of amides is 2. The van der Waals surface area contributed by atoms with Crippen LogP contribution >= 0.6 is 0 Å². The van der Waals surface area contributed by atoms with Gasteiger partial charge in [0.25, 0.3) is 11.8 Å². The highest BCUT2D eigenvalue weighted by Crippen LogP contribution is 2.30. The van der Waals surface area contributed by atoms with Gasteiger partial charge in [-0.2, -0.15) is 0 Å². The molecule has 1 fully saturated rings. The van der Waals surface area contributed by atoms with Crippen molar-refractivity contribution in [3.05, 3.63) is 63.1 Å². The number of hydrogen-bond acceptors (Lipinski definition) is 9. The van der Waals surface area contributed by atoms with E-state index in [9.17, 15) is 28.0 Å². The molecule has 12 nitrogen and oxygen atoms in total. The molecule has 2 aliphatic rings. The molecule has 3 heterocycles. The number of methoxy groups -OCH3 is 1. The molecular formula is C24H25F2N3O9. The number of carbonyl (C=O) groups excluding carboxylic acids is 3. The topological polar surface area (TPSA) is 135 Å². The number of ether oxygens (including phenoxy) is 5. The minimum atomic E-state index is -1.10. The van der Waals surface area contributed by atoms with Crippen molar-refractivity contribution in [2.75, 3.05) is 33.7 Å². The lowest BCUT2D eigenvalue weighted by Crippen LogP contribution is -2.49. The van der Waals surface area contributed by atoms with E-state index in [1.807, 2.05) is 0 Å². The molecule has 0 aliphatic carbocycles. The second kappa shape index (κ2) is 11.6. The van der Waals surface area contributed by atoms with Gasteiger partial charge in [0.15, 0.2) is 11.9 Å². The van der Waals surface area contributed by atoms with Gasteiger partial charge >= 0.3 is 6.16 Å². The molecule has 1 N–H and O–H groups in total. The predicted molar refractivity (Wildman–Crippen MR) is 123 cm³/mol. The standard InChI is InChI=1S/C24H25F2N3O9/c1-13-11-36-18-10-28-9-16(22(31)27-8-14-3-4-15(25)7-17(14)26)20(30)21(19(28)23(32)29(13)18)37-12-38-24(33)35-6-5-34-2/h3-4,7,9,13,18H,5-6,8,10-12H2,1-2H3,(H,27,31). The normalized spacial score (nSPS) is 18.0. The second-order valence-corrected chi connectivity index (χ2v) is 8.47. The molecule has 2 aliphatic heterocycles. The third-order valence-electron chi connectivity index (χ3n) is 5.93. The van der Waals surface area contributed by atoms with Gasteiger partial charge in [-0.3, -0.25) is 14.4 Å². The molecule has 1 aromatic heterocycles. The highest BCUT2D eigenvalue weighted by Gasteiger charge is 2.43. The number of carbonyl (C=O) groups is 3. The van der Waals surface area contributed by atoms with Crippen LogP contribution in [0.5, 0.6) is 5.75 Å². The maximum Gasteiger partial charge on any atom is 0.511 e. The third-order valence-corrected chi connectivity index (χ3v) is 5.93. The van der Waals surface area contributed by atoms with E-state index < -0.39 is 59.4 Å². The summed E-state index contributed by atoms with van der Waals surface area (Å²) in [4.78, 5) is 52.7. The number of nitrogens with zero attached hydrogens (tertiary/aromatic N) is 2. The van der Waals surface area contributed by atoms with Crippen LogP contribution in [-0.4, -0.2) is 73.4 Å². The minimum absolute atomic E-state index is 0.00571. The van der Waals surface area contributed by atoms with Crippen molar-refractivity contribution < 1.29 is 46.8 Å². The molecule has 204 valence electrons. The molecule has 38 heavy (non-hydrogen) atoms. The number of benzene rings is 1. The summed E-state index contributed by atoms with van der Waals surface area (Å²) in [5.74, 6) is -3.63. The van der Waals surface area contributed by atoms with E-state index in [0.717, 1.165) is 12.1 Å². The Morgan fingerprint density at radius 1 is 1.18 bits per heavy atom.